The number of aliphatic hydroxyl groups excluding tert-OH is 1. The Morgan fingerprint density at radius 2 is 2.41 bits per heavy atom. The molecule has 0 bridgehead atoms. The van der Waals surface area contributed by atoms with Crippen molar-refractivity contribution in [2.75, 3.05) is 13.1 Å². The first-order valence-corrected chi connectivity index (χ1v) is 6.32. The van der Waals surface area contributed by atoms with Crippen LogP contribution in [0.1, 0.15) is 30.3 Å². The minimum Gasteiger partial charge on any atom is -0.391 e. The van der Waals surface area contributed by atoms with Gasteiger partial charge in [0.15, 0.2) is 0 Å². The molecule has 1 amide bonds. The van der Waals surface area contributed by atoms with Crippen molar-refractivity contribution in [2.24, 2.45) is 0 Å². The maximum atomic E-state index is 12.2. The summed E-state index contributed by atoms with van der Waals surface area (Å²) in [6, 6.07) is 1.70. The average molecular weight is 257 g/mol. The molecule has 1 aromatic heterocycles. The second-order valence-electron chi connectivity index (χ2n) is 4.43. The van der Waals surface area contributed by atoms with E-state index in [1.54, 1.807) is 17.2 Å². The van der Waals surface area contributed by atoms with Gasteiger partial charge in [-0.3, -0.25) is 4.79 Å². The lowest BCUT2D eigenvalue weighted by molar-refractivity contribution is 0.0754. The van der Waals surface area contributed by atoms with Gasteiger partial charge in [0.1, 0.15) is 5.69 Å². The minimum absolute atomic E-state index is 0.0399. The number of rotatable bonds is 3. The maximum Gasteiger partial charge on any atom is 0.270 e. The first kappa shape index (κ1) is 12.5. The molecule has 1 fully saturated rings. The molecule has 1 N–H and O–H groups in total. The molecule has 1 atom stereocenters. The van der Waals surface area contributed by atoms with E-state index in [1.165, 1.54) is 0 Å². The number of aliphatic hydroxyl groups is 1. The van der Waals surface area contributed by atoms with Gasteiger partial charge in [0.2, 0.25) is 0 Å². The number of halogens is 1. The molecule has 94 valence electrons. The number of hydrogen-bond acceptors (Lipinski definition) is 2. The highest BCUT2D eigenvalue weighted by atomic mass is 35.5. The fraction of sp³-hybridized carbons (Fsp3) is 0.583. The normalized spacial score (nSPS) is 19.9. The summed E-state index contributed by atoms with van der Waals surface area (Å²) in [4.78, 5) is 13.9. The zero-order valence-electron chi connectivity index (χ0n) is 9.90. The molecule has 5 heteroatoms. The number of β-amino-alcohol motifs (C(OH)–C–C–N with tert-alkyl or cyclic N) is 1. The number of hydrogen-bond donors (Lipinski definition) is 1. The number of likely N-dealkylation sites (tertiary alicyclic amines) is 1. The molecule has 1 aliphatic rings. The summed E-state index contributed by atoms with van der Waals surface area (Å²) in [7, 11) is 0. The van der Waals surface area contributed by atoms with Crippen LogP contribution in [0.3, 0.4) is 0 Å². The van der Waals surface area contributed by atoms with Gasteiger partial charge in [0, 0.05) is 25.8 Å². The van der Waals surface area contributed by atoms with E-state index in [0.29, 0.717) is 30.2 Å². The summed E-state index contributed by atoms with van der Waals surface area (Å²) in [5.41, 5.74) is 0.617. The Morgan fingerprint density at radius 3 is 3.00 bits per heavy atom. The van der Waals surface area contributed by atoms with Gasteiger partial charge in [-0.15, -0.1) is 0 Å². The van der Waals surface area contributed by atoms with E-state index in [2.05, 4.69) is 6.92 Å². The smallest absolute Gasteiger partial charge is 0.270 e. The highest BCUT2D eigenvalue weighted by Gasteiger charge is 2.27. The van der Waals surface area contributed by atoms with Crippen LogP contribution >= 0.6 is 11.6 Å². The molecule has 4 nitrogen and oxygen atoms in total. The Morgan fingerprint density at radius 1 is 1.65 bits per heavy atom. The van der Waals surface area contributed by atoms with Gasteiger partial charge in [-0.25, -0.2) is 0 Å². The number of carbonyl (C=O) groups excluding carboxylic acids is 1. The molecular weight excluding hydrogens is 240 g/mol. The van der Waals surface area contributed by atoms with E-state index < -0.39 is 0 Å². The average Bonchev–Trinajstić information content (AvgIpc) is 2.85. The standard InChI is InChI=1S/C12H17ClN2O2/c1-2-4-14-7-9(13)6-11(14)12(17)15-5-3-10(16)8-15/h6-7,10,16H,2-5,8H2,1H3/t10-/m1/s1. The summed E-state index contributed by atoms with van der Waals surface area (Å²) in [6.07, 6.45) is 3.01. The van der Waals surface area contributed by atoms with Crippen LogP contribution in [0.5, 0.6) is 0 Å². The molecule has 0 radical (unpaired) electrons. The molecule has 1 saturated heterocycles. The van der Waals surface area contributed by atoms with E-state index in [4.69, 9.17) is 11.6 Å². The number of nitrogens with zero attached hydrogens (tertiary/aromatic N) is 2. The van der Waals surface area contributed by atoms with Crippen LogP contribution in [0.4, 0.5) is 0 Å². The third-order valence-electron chi connectivity index (χ3n) is 3.00. The zero-order chi connectivity index (χ0) is 12.4. The second-order valence-corrected chi connectivity index (χ2v) is 4.87. The summed E-state index contributed by atoms with van der Waals surface area (Å²) in [5.74, 6) is -0.0399. The molecule has 1 aliphatic heterocycles. The molecule has 0 spiro atoms. The fourth-order valence-corrected chi connectivity index (χ4v) is 2.39. The van der Waals surface area contributed by atoms with Gasteiger partial charge in [-0.2, -0.15) is 0 Å². The Bertz CT molecular complexity index is 417. The Hall–Kier alpha value is -1.00. The summed E-state index contributed by atoms with van der Waals surface area (Å²) in [6.45, 7) is 3.88. The van der Waals surface area contributed by atoms with Crippen LogP contribution in [-0.2, 0) is 6.54 Å². The Kier molecular flexibility index (Phi) is 3.74. The Labute approximate surface area is 106 Å². The lowest BCUT2D eigenvalue weighted by atomic mass is 10.3. The van der Waals surface area contributed by atoms with Gasteiger partial charge in [-0.1, -0.05) is 18.5 Å². The van der Waals surface area contributed by atoms with Gasteiger partial charge in [0.25, 0.3) is 5.91 Å². The maximum absolute atomic E-state index is 12.2. The van der Waals surface area contributed by atoms with Crippen LogP contribution in [0.15, 0.2) is 12.3 Å². The minimum atomic E-state index is -0.385. The highest BCUT2D eigenvalue weighted by molar-refractivity contribution is 6.31. The number of aromatic nitrogens is 1. The van der Waals surface area contributed by atoms with Crippen LogP contribution in [-0.4, -0.2) is 39.7 Å². The van der Waals surface area contributed by atoms with E-state index in [1.807, 2.05) is 4.57 Å². The van der Waals surface area contributed by atoms with Crippen LogP contribution in [0.25, 0.3) is 0 Å². The lowest BCUT2D eigenvalue weighted by Gasteiger charge is -2.16. The predicted octanol–water partition coefficient (Wildman–Crippen LogP) is 1.76. The third kappa shape index (κ3) is 2.64. The highest BCUT2D eigenvalue weighted by Crippen LogP contribution is 2.19. The second kappa shape index (κ2) is 5.10. The molecule has 2 heterocycles. The van der Waals surface area contributed by atoms with Crippen molar-refractivity contribution >= 4 is 17.5 Å². The quantitative estimate of drug-likeness (QED) is 0.896. The van der Waals surface area contributed by atoms with Crippen molar-refractivity contribution in [1.29, 1.82) is 0 Å². The SMILES string of the molecule is CCCn1cc(Cl)cc1C(=O)N1CC[C@@H](O)C1. The fourth-order valence-electron chi connectivity index (χ4n) is 2.17. The molecule has 0 unspecified atom stereocenters. The van der Waals surface area contributed by atoms with Crippen LogP contribution in [0.2, 0.25) is 5.02 Å². The molecule has 0 aromatic carbocycles. The summed E-state index contributed by atoms with van der Waals surface area (Å²) in [5, 5.41) is 10.0. The van der Waals surface area contributed by atoms with Gasteiger partial charge in [-0.05, 0) is 18.9 Å². The number of aryl methyl sites for hydroxylation is 1. The van der Waals surface area contributed by atoms with E-state index in [9.17, 15) is 9.90 Å². The topological polar surface area (TPSA) is 45.5 Å². The first-order valence-electron chi connectivity index (χ1n) is 5.95. The lowest BCUT2D eigenvalue weighted by Crippen LogP contribution is -2.31. The van der Waals surface area contributed by atoms with Crippen molar-refractivity contribution in [3.05, 3.63) is 23.0 Å². The van der Waals surface area contributed by atoms with E-state index >= 15 is 0 Å². The van der Waals surface area contributed by atoms with E-state index in [0.717, 1.165) is 13.0 Å². The summed E-state index contributed by atoms with van der Waals surface area (Å²) >= 11 is 5.94. The monoisotopic (exact) mass is 256 g/mol. The molecule has 1 aromatic rings. The first-order chi connectivity index (χ1) is 8.11. The van der Waals surface area contributed by atoms with Crippen molar-refractivity contribution in [3.63, 3.8) is 0 Å². The van der Waals surface area contributed by atoms with Gasteiger partial charge in [0.05, 0.1) is 11.1 Å². The molecule has 2 rings (SSSR count). The van der Waals surface area contributed by atoms with Crippen molar-refractivity contribution in [3.8, 4) is 0 Å². The van der Waals surface area contributed by atoms with Crippen molar-refractivity contribution < 1.29 is 9.90 Å². The zero-order valence-corrected chi connectivity index (χ0v) is 10.7. The number of carbonyl (C=O) groups is 1. The van der Waals surface area contributed by atoms with Crippen molar-refractivity contribution in [1.82, 2.24) is 9.47 Å². The molecule has 0 saturated carbocycles. The summed E-state index contributed by atoms with van der Waals surface area (Å²) < 4.78 is 1.88. The molecular formula is C12H17ClN2O2. The van der Waals surface area contributed by atoms with Crippen LogP contribution < -0.4 is 0 Å². The molecule has 17 heavy (non-hydrogen) atoms. The molecule has 0 aliphatic carbocycles. The predicted molar refractivity (Wildman–Crippen MR) is 66.3 cm³/mol. The van der Waals surface area contributed by atoms with Gasteiger partial charge < -0.3 is 14.6 Å². The number of amides is 1. The van der Waals surface area contributed by atoms with Crippen LogP contribution in [0, 0.1) is 0 Å². The Balaban J connectivity index is 2.18. The van der Waals surface area contributed by atoms with E-state index in [-0.39, 0.29) is 12.0 Å². The van der Waals surface area contributed by atoms with Gasteiger partial charge >= 0.3 is 0 Å². The largest absolute Gasteiger partial charge is 0.391 e. The van der Waals surface area contributed by atoms with Crippen molar-refractivity contribution in [2.45, 2.75) is 32.4 Å². The third-order valence-corrected chi connectivity index (χ3v) is 3.20.